The lowest BCUT2D eigenvalue weighted by molar-refractivity contribution is 0.313. The third-order valence-electron chi connectivity index (χ3n) is 4.64. The van der Waals surface area contributed by atoms with Gasteiger partial charge in [0.25, 0.3) is 0 Å². The minimum Gasteiger partial charge on any atom is -0.342 e. The molecule has 1 aliphatic heterocycles. The number of aryl methyl sites for hydroxylation is 2. The molecule has 0 aromatic carbocycles. The van der Waals surface area contributed by atoms with Gasteiger partial charge >= 0.3 is 0 Å². The van der Waals surface area contributed by atoms with E-state index >= 15 is 0 Å². The summed E-state index contributed by atoms with van der Waals surface area (Å²) in [5.74, 6) is 0.780. The highest BCUT2D eigenvalue weighted by atomic mass is 15.3. The third-order valence-corrected chi connectivity index (χ3v) is 4.64. The van der Waals surface area contributed by atoms with Crippen LogP contribution in [0.25, 0.3) is 11.3 Å². The van der Waals surface area contributed by atoms with E-state index in [-0.39, 0.29) is 0 Å². The molecule has 0 bridgehead atoms. The van der Waals surface area contributed by atoms with E-state index in [2.05, 4.69) is 39.9 Å². The number of likely N-dealkylation sites (tertiary alicyclic amines) is 1. The van der Waals surface area contributed by atoms with Gasteiger partial charge in [0.1, 0.15) is 0 Å². The van der Waals surface area contributed by atoms with E-state index in [1.165, 1.54) is 19.4 Å². The predicted molar refractivity (Wildman–Crippen MR) is 93.7 cm³/mol. The number of aromatic nitrogens is 3. The molecule has 0 radical (unpaired) electrons. The summed E-state index contributed by atoms with van der Waals surface area (Å²) in [6.45, 7) is 6.19. The summed E-state index contributed by atoms with van der Waals surface area (Å²) in [5.41, 5.74) is 4.05. The zero-order valence-corrected chi connectivity index (χ0v) is 14.5. The average molecular weight is 311 g/mol. The first kappa shape index (κ1) is 15.9. The van der Waals surface area contributed by atoms with Crippen LogP contribution in [0.5, 0.6) is 0 Å². The lowest BCUT2D eigenvalue weighted by Gasteiger charge is -2.26. The Labute approximate surface area is 138 Å². The maximum atomic E-state index is 4.76. The first-order valence-corrected chi connectivity index (χ1v) is 8.23. The van der Waals surface area contributed by atoms with E-state index in [0.717, 1.165) is 35.1 Å². The molecule has 0 saturated carbocycles. The molecule has 122 valence electrons. The first-order chi connectivity index (χ1) is 11.0. The third kappa shape index (κ3) is 3.50. The van der Waals surface area contributed by atoms with Gasteiger partial charge in [-0.15, -0.1) is 0 Å². The van der Waals surface area contributed by atoms with E-state index < -0.39 is 0 Å². The van der Waals surface area contributed by atoms with Crippen LogP contribution < -0.4 is 4.90 Å². The number of pyridine rings is 1. The van der Waals surface area contributed by atoms with Crippen LogP contribution in [0.3, 0.4) is 0 Å². The fraction of sp³-hybridized carbons (Fsp3) is 0.500. The molecule has 3 heterocycles. The van der Waals surface area contributed by atoms with Crippen molar-refractivity contribution in [3.05, 3.63) is 35.8 Å². The van der Waals surface area contributed by atoms with Gasteiger partial charge < -0.3 is 9.80 Å². The molecule has 0 aliphatic carbocycles. The second-order valence-corrected chi connectivity index (χ2v) is 6.48. The summed E-state index contributed by atoms with van der Waals surface area (Å²) >= 11 is 0. The lowest BCUT2D eigenvalue weighted by Crippen LogP contribution is -2.37. The molecule has 5 nitrogen and oxygen atoms in total. The van der Waals surface area contributed by atoms with E-state index in [0.29, 0.717) is 6.04 Å². The van der Waals surface area contributed by atoms with Crippen LogP contribution in [0, 0.1) is 13.8 Å². The number of rotatable bonds is 4. The van der Waals surface area contributed by atoms with E-state index in [1.54, 1.807) is 0 Å². The molecular formula is C18H25N5. The number of nitrogens with zero attached hydrogens (tertiary/aromatic N) is 5. The van der Waals surface area contributed by atoms with Gasteiger partial charge in [-0.25, -0.2) is 9.97 Å². The summed E-state index contributed by atoms with van der Waals surface area (Å²) in [6.07, 6.45) is 4.37. The quantitative estimate of drug-likeness (QED) is 0.868. The molecular weight excluding hydrogens is 286 g/mol. The van der Waals surface area contributed by atoms with Crippen LogP contribution in [0.15, 0.2) is 24.4 Å². The zero-order chi connectivity index (χ0) is 16.4. The Bertz CT molecular complexity index is 685. The lowest BCUT2D eigenvalue weighted by atomic mass is 10.1. The van der Waals surface area contributed by atoms with Crippen LogP contribution in [0.2, 0.25) is 0 Å². The van der Waals surface area contributed by atoms with Gasteiger partial charge in [0.15, 0.2) is 0 Å². The number of hydrogen-bond acceptors (Lipinski definition) is 5. The Hall–Kier alpha value is -2.01. The maximum absolute atomic E-state index is 4.76. The molecule has 1 atom stereocenters. The van der Waals surface area contributed by atoms with E-state index in [9.17, 15) is 0 Å². The van der Waals surface area contributed by atoms with Gasteiger partial charge in [0.05, 0.1) is 5.69 Å². The van der Waals surface area contributed by atoms with Crippen molar-refractivity contribution in [2.45, 2.75) is 32.7 Å². The van der Waals surface area contributed by atoms with E-state index in [4.69, 9.17) is 4.98 Å². The predicted octanol–water partition coefficient (Wildman–Crippen LogP) is 2.69. The fourth-order valence-corrected chi connectivity index (χ4v) is 3.25. The van der Waals surface area contributed by atoms with Crippen LogP contribution in [-0.4, -0.2) is 53.1 Å². The Kier molecular flexibility index (Phi) is 4.57. The Balaban J connectivity index is 1.81. The molecule has 0 spiro atoms. The monoisotopic (exact) mass is 311 g/mol. The largest absolute Gasteiger partial charge is 0.342 e. The van der Waals surface area contributed by atoms with Crippen molar-refractivity contribution in [2.24, 2.45) is 0 Å². The standard InChI is InChI=1S/C18H25N5/c1-13-7-8-16(14(2)20-13)17-9-10-19-18(21-17)23(4)12-15-6-5-11-22(15)3/h7-10,15H,5-6,11-12H2,1-4H3/t15-/m0/s1. The second kappa shape index (κ2) is 6.62. The summed E-state index contributed by atoms with van der Waals surface area (Å²) in [7, 11) is 4.27. The highest BCUT2D eigenvalue weighted by Gasteiger charge is 2.23. The van der Waals surface area contributed by atoms with Gasteiger partial charge in [-0.1, -0.05) is 0 Å². The zero-order valence-electron chi connectivity index (χ0n) is 14.5. The minimum atomic E-state index is 0.593. The summed E-state index contributed by atoms with van der Waals surface area (Å²) in [4.78, 5) is 18.3. The number of likely N-dealkylation sites (N-methyl/N-ethyl adjacent to an activating group) is 2. The van der Waals surface area contributed by atoms with Gasteiger partial charge in [0.2, 0.25) is 5.95 Å². The summed E-state index contributed by atoms with van der Waals surface area (Å²) < 4.78 is 0. The Morgan fingerprint density at radius 3 is 2.74 bits per heavy atom. The van der Waals surface area contributed by atoms with Crippen LogP contribution in [0.1, 0.15) is 24.2 Å². The van der Waals surface area contributed by atoms with Crippen LogP contribution >= 0.6 is 0 Å². The molecule has 0 amide bonds. The molecule has 2 aromatic rings. The van der Waals surface area contributed by atoms with Crippen LogP contribution in [0.4, 0.5) is 5.95 Å². The normalized spacial score (nSPS) is 18.3. The summed E-state index contributed by atoms with van der Waals surface area (Å²) in [5, 5.41) is 0. The Morgan fingerprint density at radius 1 is 1.22 bits per heavy atom. The highest BCUT2D eigenvalue weighted by molar-refractivity contribution is 5.62. The van der Waals surface area contributed by atoms with Crippen molar-refractivity contribution in [2.75, 3.05) is 32.1 Å². The molecule has 5 heteroatoms. The molecule has 2 aromatic heterocycles. The van der Waals surface area contributed by atoms with Crippen molar-refractivity contribution >= 4 is 5.95 Å². The molecule has 0 unspecified atom stereocenters. The maximum Gasteiger partial charge on any atom is 0.225 e. The van der Waals surface area contributed by atoms with Gasteiger partial charge in [-0.05, 0) is 58.5 Å². The van der Waals surface area contributed by atoms with Crippen molar-refractivity contribution < 1.29 is 0 Å². The Morgan fingerprint density at radius 2 is 2.04 bits per heavy atom. The smallest absolute Gasteiger partial charge is 0.225 e. The molecule has 3 rings (SSSR count). The van der Waals surface area contributed by atoms with Gasteiger partial charge in [-0.2, -0.15) is 0 Å². The number of anilines is 1. The molecule has 23 heavy (non-hydrogen) atoms. The highest BCUT2D eigenvalue weighted by Crippen LogP contribution is 2.22. The second-order valence-electron chi connectivity index (χ2n) is 6.48. The van der Waals surface area contributed by atoms with Gasteiger partial charge in [-0.3, -0.25) is 4.98 Å². The van der Waals surface area contributed by atoms with Crippen molar-refractivity contribution in [3.8, 4) is 11.3 Å². The average Bonchev–Trinajstić information content (AvgIpc) is 2.92. The molecule has 1 saturated heterocycles. The molecule has 1 aliphatic rings. The molecule has 1 fully saturated rings. The fourth-order valence-electron chi connectivity index (χ4n) is 3.25. The van der Waals surface area contributed by atoms with Crippen LogP contribution in [-0.2, 0) is 0 Å². The van der Waals surface area contributed by atoms with Crippen molar-refractivity contribution in [3.63, 3.8) is 0 Å². The SMILES string of the molecule is Cc1ccc(-c2ccnc(N(C)C[C@@H]3CCCN3C)n2)c(C)n1. The van der Waals surface area contributed by atoms with Gasteiger partial charge in [0, 0.05) is 42.8 Å². The topological polar surface area (TPSA) is 45.2 Å². The number of hydrogen-bond donors (Lipinski definition) is 0. The molecule has 0 N–H and O–H groups in total. The summed E-state index contributed by atoms with van der Waals surface area (Å²) in [6, 6.07) is 6.67. The van der Waals surface area contributed by atoms with E-state index in [1.807, 2.05) is 32.2 Å². The first-order valence-electron chi connectivity index (χ1n) is 8.23. The minimum absolute atomic E-state index is 0.593. The van der Waals surface area contributed by atoms with Crippen molar-refractivity contribution in [1.82, 2.24) is 19.9 Å². The van der Waals surface area contributed by atoms with Crippen molar-refractivity contribution in [1.29, 1.82) is 0 Å².